The van der Waals surface area contributed by atoms with E-state index < -0.39 is 32.9 Å². The van der Waals surface area contributed by atoms with Crippen LogP contribution < -0.4 is 5.56 Å². The van der Waals surface area contributed by atoms with Crippen LogP contribution in [0.2, 0.25) is 0 Å². The van der Waals surface area contributed by atoms with Crippen molar-refractivity contribution in [3.8, 4) is 6.07 Å². The first-order chi connectivity index (χ1) is 18.8. The highest BCUT2D eigenvalue weighted by Crippen LogP contribution is 2.50. The van der Waals surface area contributed by atoms with Crippen molar-refractivity contribution in [1.82, 2.24) is 24.2 Å². The Hall–Kier alpha value is -3.20. The summed E-state index contributed by atoms with van der Waals surface area (Å²) < 4.78 is 28.4. The number of fused-ring (bicyclic) bond motifs is 1. The highest BCUT2D eigenvalue weighted by molar-refractivity contribution is 7.44. The molecule has 0 spiro atoms. The molecular weight excluding hydrogens is 523 g/mol. The van der Waals surface area contributed by atoms with Crippen molar-refractivity contribution < 1.29 is 23.3 Å². The predicted molar refractivity (Wildman–Crippen MR) is 143 cm³/mol. The fraction of sp³-hybridized carbons (Fsp3) is 0.500. The minimum atomic E-state index is -1.57. The summed E-state index contributed by atoms with van der Waals surface area (Å²) in [4.78, 5) is 35.9. The summed E-state index contributed by atoms with van der Waals surface area (Å²) >= 11 is 0. The van der Waals surface area contributed by atoms with E-state index in [9.17, 15) is 9.59 Å². The van der Waals surface area contributed by atoms with Gasteiger partial charge >= 0.3 is 5.97 Å². The molecule has 0 aliphatic carbocycles. The number of imidazole rings is 1. The molecule has 1 aliphatic rings. The van der Waals surface area contributed by atoms with Crippen molar-refractivity contribution in [2.45, 2.75) is 71.1 Å². The van der Waals surface area contributed by atoms with Gasteiger partial charge in [-0.25, -0.2) is 19.4 Å². The van der Waals surface area contributed by atoms with Crippen molar-refractivity contribution in [2.24, 2.45) is 0 Å². The van der Waals surface area contributed by atoms with E-state index in [1.807, 2.05) is 6.07 Å². The summed E-state index contributed by atoms with van der Waals surface area (Å²) in [5.41, 5.74) is 0.659. The van der Waals surface area contributed by atoms with Crippen LogP contribution in [0.25, 0.3) is 11.2 Å². The summed E-state index contributed by atoms with van der Waals surface area (Å²) in [6.07, 6.45) is 1.70. The lowest BCUT2D eigenvalue weighted by Crippen LogP contribution is -2.36. The van der Waals surface area contributed by atoms with Crippen molar-refractivity contribution >= 4 is 25.7 Å². The molecule has 12 nitrogen and oxygen atoms in total. The van der Waals surface area contributed by atoms with Crippen molar-refractivity contribution in [3.05, 3.63) is 58.9 Å². The quantitative estimate of drug-likeness (QED) is 0.198. The molecule has 208 valence electrons. The van der Waals surface area contributed by atoms with Gasteiger partial charge in [0, 0.05) is 18.5 Å². The van der Waals surface area contributed by atoms with Gasteiger partial charge in [-0.3, -0.25) is 9.36 Å². The van der Waals surface area contributed by atoms with E-state index in [0.717, 1.165) is 0 Å². The lowest BCUT2D eigenvalue weighted by Gasteiger charge is -2.37. The van der Waals surface area contributed by atoms with E-state index in [4.69, 9.17) is 23.8 Å². The fourth-order valence-corrected chi connectivity index (χ4v) is 6.19. The van der Waals surface area contributed by atoms with Gasteiger partial charge in [-0.1, -0.05) is 18.2 Å². The van der Waals surface area contributed by atoms with Crippen molar-refractivity contribution in [2.75, 3.05) is 13.2 Å². The minimum absolute atomic E-state index is 0.0553. The van der Waals surface area contributed by atoms with Gasteiger partial charge in [-0.2, -0.15) is 5.26 Å². The number of benzene rings is 1. The number of nitriles is 1. The lowest BCUT2D eigenvalue weighted by atomic mass is 10.2. The zero-order chi connectivity index (χ0) is 27.9. The van der Waals surface area contributed by atoms with E-state index in [-0.39, 0.29) is 42.8 Å². The summed E-state index contributed by atoms with van der Waals surface area (Å²) in [6.45, 7) is 8.39. The van der Waals surface area contributed by atoms with Crippen LogP contribution in [0.5, 0.6) is 0 Å². The molecule has 39 heavy (non-hydrogen) atoms. The number of nitrogens with one attached hydrogen (secondary N) is 1. The maximum absolute atomic E-state index is 12.7. The Morgan fingerprint density at radius 2 is 2.00 bits per heavy atom. The fourth-order valence-electron chi connectivity index (χ4n) is 4.43. The predicted octanol–water partition coefficient (Wildman–Crippen LogP) is 3.93. The average Bonchev–Trinajstić information content (AvgIpc) is 3.52. The molecule has 1 N–H and O–H groups in total. The first-order valence-corrected chi connectivity index (χ1v) is 14.0. The normalized spacial score (nSPS) is 20.1. The third-order valence-corrected chi connectivity index (χ3v) is 8.29. The number of ether oxygens (including phenoxy) is 2. The number of aromatic amines is 1. The maximum atomic E-state index is 12.7. The number of nitrogens with zero attached hydrogens (tertiary/aromatic N) is 5. The summed E-state index contributed by atoms with van der Waals surface area (Å²) in [5, 5.41) is 9.04. The molecule has 1 saturated heterocycles. The molecule has 1 fully saturated rings. The van der Waals surface area contributed by atoms with Crippen LogP contribution in [-0.2, 0) is 18.5 Å². The summed E-state index contributed by atoms with van der Waals surface area (Å²) in [7, 11) is -1.57. The number of hydrogen-bond acceptors (Lipinski definition) is 10. The Morgan fingerprint density at radius 1 is 1.26 bits per heavy atom. The molecule has 0 amide bonds. The number of hydrogen-bond donors (Lipinski definition) is 1. The second kappa shape index (κ2) is 13.2. The van der Waals surface area contributed by atoms with Gasteiger partial charge in [-0.05, 0) is 39.8 Å². The highest BCUT2D eigenvalue weighted by Gasteiger charge is 2.42. The van der Waals surface area contributed by atoms with Gasteiger partial charge < -0.3 is 23.5 Å². The van der Waals surface area contributed by atoms with Gasteiger partial charge in [0.2, 0.25) is 0 Å². The molecule has 0 saturated carbocycles. The Balaban J connectivity index is 1.59. The Morgan fingerprint density at radius 3 is 2.69 bits per heavy atom. The Labute approximate surface area is 227 Å². The molecular formula is C26H33N6O6P. The molecule has 0 bridgehead atoms. The Kier molecular flexibility index (Phi) is 9.78. The van der Waals surface area contributed by atoms with Gasteiger partial charge in [0.05, 0.1) is 43.4 Å². The standard InChI is InChI=1S/C26H33N6O6P/c1-17(2)32(18(3)4)39(36-12-8-11-27)38-20-13-22(31-16-30-23-24(31)28-15-29-25(23)33)37-21(20)14-35-26(34)19-9-6-5-7-10-19/h5-7,9-10,15-18,20-22H,8,12-14H2,1-4H3,(H,28,29,33)/t20-,21-,22-,39?/m1/s1. The van der Waals surface area contributed by atoms with E-state index >= 15 is 0 Å². The molecule has 1 aliphatic heterocycles. The largest absolute Gasteiger partial charge is 0.459 e. The third-order valence-electron chi connectivity index (χ3n) is 6.13. The molecule has 0 radical (unpaired) electrons. The molecule has 1 aromatic carbocycles. The second-order valence-corrected chi connectivity index (χ2v) is 11.0. The van der Waals surface area contributed by atoms with Crippen molar-refractivity contribution in [1.29, 1.82) is 5.26 Å². The van der Waals surface area contributed by atoms with E-state index in [2.05, 4.69) is 53.4 Å². The Bertz CT molecular complexity index is 1330. The molecule has 3 aromatic rings. The SMILES string of the molecule is CC(C)N(C(C)C)P(OCCC#N)O[C@@H]1C[C@H](n2cnc3c(=O)[nH]cnc32)O[C@@H]1COC(=O)c1ccccc1. The molecule has 1 unspecified atom stereocenters. The minimum Gasteiger partial charge on any atom is -0.459 e. The van der Waals surface area contributed by atoms with Gasteiger partial charge in [0.15, 0.2) is 11.2 Å². The van der Waals surface area contributed by atoms with Crippen LogP contribution in [0.1, 0.15) is 57.1 Å². The molecule has 4 atom stereocenters. The third kappa shape index (κ3) is 6.87. The second-order valence-electron chi connectivity index (χ2n) is 9.58. The molecule has 2 aromatic heterocycles. The first-order valence-electron chi connectivity index (χ1n) is 12.8. The van der Waals surface area contributed by atoms with Gasteiger partial charge in [-0.15, -0.1) is 0 Å². The zero-order valence-electron chi connectivity index (χ0n) is 22.4. The van der Waals surface area contributed by atoms with Crippen LogP contribution in [0.15, 0.2) is 47.8 Å². The number of esters is 1. The van der Waals surface area contributed by atoms with Crippen LogP contribution in [0, 0.1) is 11.3 Å². The van der Waals surface area contributed by atoms with Gasteiger partial charge in [0.25, 0.3) is 14.1 Å². The number of H-pyrrole nitrogens is 1. The first kappa shape index (κ1) is 28.8. The summed E-state index contributed by atoms with van der Waals surface area (Å²) in [5.74, 6) is -0.471. The van der Waals surface area contributed by atoms with Crippen LogP contribution in [0.4, 0.5) is 0 Å². The monoisotopic (exact) mass is 556 g/mol. The van der Waals surface area contributed by atoms with Crippen LogP contribution in [0.3, 0.4) is 0 Å². The van der Waals surface area contributed by atoms with E-state index in [1.165, 1.54) is 12.7 Å². The number of rotatable bonds is 12. The molecule has 3 heterocycles. The van der Waals surface area contributed by atoms with Crippen LogP contribution >= 0.6 is 8.53 Å². The number of aromatic nitrogens is 4. The van der Waals surface area contributed by atoms with Crippen molar-refractivity contribution in [3.63, 3.8) is 0 Å². The van der Waals surface area contributed by atoms with Crippen LogP contribution in [-0.4, -0.2) is 67.7 Å². The van der Waals surface area contributed by atoms with E-state index in [0.29, 0.717) is 17.6 Å². The summed E-state index contributed by atoms with van der Waals surface area (Å²) in [6, 6.07) is 11.0. The smallest absolute Gasteiger partial charge is 0.338 e. The number of carbonyl (C=O) groups excluding carboxylic acids is 1. The molecule has 13 heteroatoms. The van der Waals surface area contributed by atoms with E-state index in [1.54, 1.807) is 28.8 Å². The highest BCUT2D eigenvalue weighted by atomic mass is 31.2. The molecule has 4 rings (SSSR count). The van der Waals surface area contributed by atoms with Gasteiger partial charge in [0.1, 0.15) is 18.9 Å². The zero-order valence-corrected chi connectivity index (χ0v) is 23.3. The topological polar surface area (TPSA) is 145 Å². The average molecular weight is 557 g/mol. The lowest BCUT2D eigenvalue weighted by molar-refractivity contribution is -0.0489. The maximum Gasteiger partial charge on any atom is 0.338 e. The number of carbonyl (C=O) groups is 1.